The number of nitrogens with zero attached hydrogens (tertiary/aromatic N) is 1. The van der Waals surface area contributed by atoms with Gasteiger partial charge in [-0.25, -0.2) is 0 Å². The second kappa shape index (κ2) is 5.15. The predicted molar refractivity (Wildman–Crippen MR) is 69.4 cm³/mol. The molecule has 0 spiro atoms. The number of fused-ring (bicyclic) bond motifs is 1. The van der Waals surface area contributed by atoms with E-state index in [0.717, 1.165) is 10.9 Å². The van der Waals surface area contributed by atoms with Crippen LogP contribution in [0.4, 0.5) is 0 Å². The van der Waals surface area contributed by atoms with E-state index in [-0.39, 0.29) is 11.3 Å². The molecule has 17 heavy (non-hydrogen) atoms. The quantitative estimate of drug-likeness (QED) is 0.849. The van der Waals surface area contributed by atoms with Crippen LogP contribution in [0.15, 0.2) is 36.5 Å². The summed E-state index contributed by atoms with van der Waals surface area (Å²) in [5.41, 5.74) is 1.51. The van der Waals surface area contributed by atoms with E-state index in [9.17, 15) is 4.79 Å². The maximum absolute atomic E-state index is 11.8. The third-order valence-corrected chi connectivity index (χ3v) is 2.56. The molecule has 0 aliphatic carbocycles. The van der Waals surface area contributed by atoms with Crippen LogP contribution in [0, 0.1) is 0 Å². The number of alkyl halides is 1. The summed E-state index contributed by atoms with van der Waals surface area (Å²) in [6, 6.07) is 9.22. The van der Waals surface area contributed by atoms with Crippen LogP contribution in [0.5, 0.6) is 0 Å². The third kappa shape index (κ3) is 2.94. The normalized spacial score (nSPS) is 12.4. The number of carbonyl (C=O) groups excluding carboxylic acids is 1. The number of halogens is 1. The first-order chi connectivity index (χ1) is 8.16. The van der Waals surface area contributed by atoms with E-state index in [2.05, 4.69) is 10.3 Å². The number of rotatable bonds is 3. The molecule has 1 atom stereocenters. The van der Waals surface area contributed by atoms with Gasteiger partial charge in [-0.3, -0.25) is 9.78 Å². The Morgan fingerprint density at radius 1 is 1.47 bits per heavy atom. The van der Waals surface area contributed by atoms with Crippen molar-refractivity contribution in [3.05, 3.63) is 42.1 Å². The van der Waals surface area contributed by atoms with Gasteiger partial charge in [-0.15, -0.1) is 11.6 Å². The number of hydrogen-bond donors (Lipinski definition) is 1. The zero-order valence-corrected chi connectivity index (χ0v) is 10.2. The van der Waals surface area contributed by atoms with Crippen LogP contribution in [0.2, 0.25) is 0 Å². The highest BCUT2D eigenvalue weighted by atomic mass is 35.5. The lowest BCUT2D eigenvalue weighted by molar-refractivity contribution is 0.0954. The third-order valence-electron chi connectivity index (χ3n) is 2.41. The Kier molecular flexibility index (Phi) is 3.59. The van der Waals surface area contributed by atoms with Crippen LogP contribution in [-0.2, 0) is 0 Å². The summed E-state index contributed by atoms with van der Waals surface area (Å²) < 4.78 is 0. The highest BCUT2D eigenvalue weighted by Gasteiger charge is 2.07. The topological polar surface area (TPSA) is 42.0 Å². The molecular weight excluding hydrogens is 236 g/mol. The van der Waals surface area contributed by atoms with Gasteiger partial charge in [0.2, 0.25) is 0 Å². The lowest BCUT2D eigenvalue weighted by Gasteiger charge is -2.07. The van der Waals surface area contributed by atoms with Gasteiger partial charge in [0.15, 0.2) is 0 Å². The molecule has 0 saturated heterocycles. The monoisotopic (exact) mass is 248 g/mol. The van der Waals surface area contributed by atoms with Crippen molar-refractivity contribution in [2.24, 2.45) is 0 Å². The summed E-state index contributed by atoms with van der Waals surface area (Å²) >= 11 is 5.78. The van der Waals surface area contributed by atoms with Crippen molar-refractivity contribution >= 4 is 28.4 Å². The second-order valence-electron chi connectivity index (χ2n) is 3.90. The van der Waals surface area contributed by atoms with Gasteiger partial charge in [0, 0.05) is 29.1 Å². The maximum Gasteiger partial charge on any atom is 0.251 e. The number of benzene rings is 1. The Hall–Kier alpha value is -1.61. The van der Waals surface area contributed by atoms with Crippen molar-refractivity contribution in [2.75, 3.05) is 6.54 Å². The number of aromatic nitrogens is 1. The van der Waals surface area contributed by atoms with Crippen LogP contribution < -0.4 is 5.32 Å². The zero-order valence-electron chi connectivity index (χ0n) is 9.48. The van der Waals surface area contributed by atoms with Crippen LogP contribution in [0.3, 0.4) is 0 Å². The molecule has 0 aliphatic heterocycles. The Bertz CT molecular complexity index is 540. The van der Waals surface area contributed by atoms with E-state index in [0.29, 0.717) is 12.1 Å². The van der Waals surface area contributed by atoms with Crippen molar-refractivity contribution in [2.45, 2.75) is 12.3 Å². The van der Waals surface area contributed by atoms with E-state index in [1.807, 2.05) is 31.2 Å². The minimum atomic E-state index is -0.108. The summed E-state index contributed by atoms with van der Waals surface area (Å²) in [6.07, 6.45) is 1.73. The SMILES string of the molecule is CC(Cl)CNC(=O)c1ccc2ncccc2c1. The van der Waals surface area contributed by atoms with Gasteiger partial charge >= 0.3 is 0 Å². The first-order valence-corrected chi connectivity index (χ1v) is 5.87. The van der Waals surface area contributed by atoms with E-state index in [4.69, 9.17) is 11.6 Å². The molecule has 1 heterocycles. The molecule has 88 valence electrons. The second-order valence-corrected chi connectivity index (χ2v) is 4.65. The van der Waals surface area contributed by atoms with E-state index in [1.54, 1.807) is 12.3 Å². The van der Waals surface area contributed by atoms with Crippen molar-refractivity contribution in [3.8, 4) is 0 Å². The fraction of sp³-hybridized carbons (Fsp3) is 0.231. The molecule has 4 heteroatoms. The van der Waals surface area contributed by atoms with Crippen molar-refractivity contribution in [3.63, 3.8) is 0 Å². The Labute approximate surface area is 105 Å². The Morgan fingerprint density at radius 3 is 3.06 bits per heavy atom. The average molecular weight is 249 g/mol. The minimum absolute atomic E-state index is 0.0685. The first-order valence-electron chi connectivity index (χ1n) is 5.44. The number of carbonyl (C=O) groups is 1. The predicted octanol–water partition coefficient (Wildman–Crippen LogP) is 2.59. The lowest BCUT2D eigenvalue weighted by atomic mass is 10.1. The number of hydrogen-bond acceptors (Lipinski definition) is 2. The van der Waals surface area contributed by atoms with Gasteiger partial charge in [-0.1, -0.05) is 6.07 Å². The molecule has 2 aromatic rings. The summed E-state index contributed by atoms with van der Waals surface area (Å²) in [4.78, 5) is 16.0. The fourth-order valence-corrected chi connectivity index (χ4v) is 1.63. The van der Waals surface area contributed by atoms with Crippen molar-refractivity contribution in [1.82, 2.24) is 10.3 Å². The van der Waals surface area contributed by atoms with Gasteiger partial charge in [-0.05, 0) is 31.2 Å². The Morgan fingerprint density at radius 2 is 2.29 bits per heavy atom. The molecule has 1 N–H and O–H groups in total. The summed E-state index contributed by atoms with van der Waals surface area (Å²) in [5, 5.41) is 3.66. The molecular formula is C13H13ClN2O. The molecule has 1 aromatic carbocycles. The van der Waals surface area contributed by atoms with Crippen LogP contribution >= 0.6 is 11.6 Å². The largest absolute Gasteiger partial charge is 0.351 e. The van der Waals surface area contributed by atoms with E-state index in [1.165, 1.54) is 0 Å². The highest BCUT2D eigenvalue weighted by Crippen LogP contribution is 2.13. The zero-order chi connectivity index (χ0) is 12.3. The van der Waals surface area contributed by atoms with Gasteiger partial charge in [0.25, 0.3) is 5.91 Å². The smallest absolute Gasteiger partial charge is 0.251 e. The molecule has 1 amide bonds. The maximum atomic E-state index is 11.8. The molecule has 0 aliphatic rings. The van der Waals surface area contributed by atoms with Crippen molar-refractivity contribution in [1.29, 1.82) is 0 Å². The number of pyridine rings is 1. The fourth-order valence-electron chi connectivity index (χ4n) is 1.55. The molecule has 3 nitrogen and oxygen atoms in total. The van der Waals surface area contributed by atoms with Crippen molar-refractivity contribution < 1.29 is 4.79 Å². The molecule has 1 unspecified atom stereocenters. The van der Waals surface area contributed by atoms with Gasteiger partial charge in [-0.2, -0.15) is 0 Å². The highest BCUT2D eigenvalue weighted by molar-refractivity contribution is 6.20. The Balaban J connectivity index is 2.21. The average Bonchev–Trinajstić information content (AvgIpc) is 2.35. The lowest BCUT2D eigenvalue weighted by Crippen LogP contribution is -2.28. The molecule has 0 bridgehead atoms. The molecule has 0 saturated carbocycles. The summed E-state index contributed by atoms with van der Waals surface area (Å²) in [7, 11) is 0. The van der Waals surface area contributed by atoms with E-state index >= 15 is 0 Å². The molecule has 0 radical (unpaired) electrons. The minimum Gasteiger partial charge on any atom is -0.351 e. The van der Waals surface area contributed by atoms with Crippen LogP contribution in [0.1, 0.15) is 17.3 Å². The number of nitrogens with one attached hydrogen (secondary N) is 1. The van der Waals surface area contributed by atoms with Gasteiger partial charge in [0.05, 0.1) is 5.52 Å². The first kappa shape index (κ1) is 11.9. The van der Waals surface area contributed by atoms with Gasteiger partial charge in [0.1, 0.15) is 0 Å². The van der Waals surface area contributed by atoms with Crippen LogP contribution in [-0.4, -0.2) is 22.8 Å². The van der Waals surface area contributed by atoms with Gasteiger partial charge < -0.3 is 5.32 Å². The van der Waals surface area contributed by atoms with E-state index < -0.39 is 0 Å². The van der Waals surface area contributed by atoms with Crippen LogP contribution in [0.25, 0.3) is 10.9 Å². The summed E-state index contributed by atoms with van der Waals surface area (Å²) in [5.74, 6) is -0.108. The summed E-state index contributed by atoms with van der Waals surface area (Å²) in [6.45, 7) is 2.30. The molecule has 0 fully saturated rings. The molecule has 2 rings (SSSR count). The standard InChI is InChI=1S/C13H13ClN2O/c1-9(14)8-16-13(17)11-4-5-12-10(7-11)3-2-6-15-12/h2-7,9H,8H2,1H3,(H,16,17). The number of amides is 1. The molecule has 1 aromatic heterocycles.